The van der Waals surface area contributed by atoms with Crippen molar-refractivity contribution >= 4 is 28.8 Å². The first-order valence-corrected chi connectivity index (χ1v) is 10.6. The molecule has 0 atom stereocenters. The fourth-order valence-electron chi connectivity index (χ4n) is 3.72. The van der Waals surface area contributed by atoms with Crippen LogP contribution in [0.25, 0.3) is 0 Å². The van der Waals surface area contributed by atoms with Crippen molar-refractivity contribution in [2.75, 3.05) is 18.5 Å². The van der Waals surface area contributed by atoms with E-state index in [1.807, 2.05) is 23.6 Å². The SMILES string of the molecule is CN(Cc1cccs1)C(=O)c1ccc2c(c1)CCCN2C(=O)c1ccc(O)cc1O. The maximum Gasteiger partial charge on any atom is 0.262 e. The van der Waals surface area contributed by atoms with Crippen LogP contribution >= 0.6 is 11.3 Å². The van der Waals surface area contributed by atoms with E-state index in [1.165, 1.54) is 12.1 Å². The molecule has 0 bridgehead atoms. The second-order valence-corrected chi connectivity index (χ2v) is 8.38. The Morgan fingerprint density at radius 1 is 1.13 bits per heavy atom. The Hall–Kier alpha value is -3.32. The smallest absolute Gasteiger partial charge is 0.262 e. The lowest BCUT2D eigenvalue weighted by atomic mass is 9.97. The summed E-state index contributed by atoms with van der Waals surface area (Å²) in [5, 5.41) is 21.5. The molecule has 0 unspecified atom stereocenters. The summed E-state index contributed by atoms with van der Waals surface area (Å²) in [4.78, 5) is 30.3. The Balaban J connectivity index is 1.58. The van der Waals surface area contributed by atoms with Gasteiger partial charge in [-0.1, -0.05) is 6.07 Å². The van der Waals surface area contributed by atoms with E-state index < -0.39 is 0 Å². The van der Waals surface area contributed by atoms with E-state index in [0.29, 0.717) is 18.7 Å². The van der Waals surface area contributed by atoms with Crippen LogP contribution in [-0.2, 0) is 13.0 Å². The molecule has 0 saturated carbocycles. The number of hydrogen-bond donors (Lipinski definition) is 2. The third-order valence-corrected chi connectivity index (χ3v) is 6.08. The number of hydrogen-bond acceptors (Lipinski definition) is 5. The van der Waals surface area contributed by atoms with Crippen molar-refractivity contribution in [3.05, 3.63) is 75.5 Å². The standard InChI is InChI=1S/C23H22N2O4S/c1-24(14-18-5-3-11-30-18)22(28)16-6-9-20-15(12-16)4-2-10-25(20)23(29)19-8-7-17(26)13-21(19)27/h3,5-9,11-13,26-27H,2,4,10,14H2,1H3. The van der Waals surface area contributed by atoms with Gasteiger partial charge >= 0.3 is 0 Å². The Labute approximate surface area is 178 Å². The van der Waals surface area contributed by atoms with Crippen molar-refractivity contribution in [1.82, 2.24) is 4.90 Å². The molecule has 1 aliphatic rings. The molecule has 4 rings (SSSR count). The zero-order chi connectivity index (χ0) is 21.3. The Bertz CT molecular complexity index is 1090. The first-order chi connectivity index (χ1) is 14.4. The topological polar surface area (TPSA) is 81.1 Å². The van der Waals surface area contributed by atoms with Gasteiger partial charge in [-0.25, -0.2) is 0 Å². The lowest BCUT2D eigenvalue weighted by molar-refractivity contribution is 0.0786. The van der Waals surface area contributed by atoms with Gasteiger partial charge in [-0.3, -0.25) is 9.59 Å². The Morgan fingerprint density at radius 3 is 2.70 bits per heavy atom. The second kappa shape index (κ2) is 8.20. The molecule has 3 aromatic rings. The number of aryl methyl sites for hydroxylation is 1. The number of amides is 2. The predicted molar refractivity (Wildman–Crippen MR) is 116 cm³/mol. The molecule has 0 fully saturated rings. The molecule has 2 aromatic carbocycles. The van der Waals surface area contributed by atoms with Crippen LogP contribution in [0.4, 0.5) is 5.69 Å². The van der Waals surface area contributed by atoms with Crippen molar-refractivity contribution in [2.45, 2.75) is 19.4 Å². The number of carbonyl (C=O) groups is 2. The number of anilines is 1. The first-order valence-electron chi connectivity index (χ1n) is 9.68. The van der Waals surface area contributed by atoms with E-state index in [1.54, 1.807) is 40.3 Å². The highest BCUT2D eigenvalue weighted by atomic mass is 32.1. The van der Waals surface area contributed by atoms with Crippen LogP contribution in [0.2, 0.25) is 0 Å². The molecule has 2 heterocycles. The number of phenols is 2. The number of benzene rings is 2. The number of thiophene rings is 1. The van der Waals surface area contributed by atoms with Crippen LogP contribution in [-0.4, -0.2) is 40.5 Å². The van der Waals surface area contributed by atoms with Crippen molar-refractivity contribution in [2.24, 2.45) is 0 Å². The van der Waals surface area contributed by atoms with E-state index >= 15 is 0 Å². The minimum Gasteiger partial charge on any atom is -0.508 e. The fraction of sp³-hybridized carbons (Fsp3) is 0.217. The summed E-state index contributed by atoms with van der Waals surface area (Å²) < 4.78 is 0. The Kier molecular flexibility index (Phi) is 5.46. The van der Waals surface area contributed by atoms with Gasteiger partial charge in [0.15, 0.2) is 0 Å². The van der Waals surface area contributed by atoms with Gasteiger partial charge in [-0.2, -0.15) is 0 Å². The summed E-state index contributed by atoms with van der Waals surface area (Å²) in [7, 11) is 1.78. The molecular weight excluding hydrogens is 400 g/mol. The molecule has 0 saturated heterocycles. The number of carbonyl (C=O) groups excluding carboxylic acids is 2. The van der Waals surface area contributed by atoms with Gasteiger partial charge in [-0.05, 0) is 60.2 Å². The summed E-state index contributed by atoms with van der Waals surface area (Å²) >= 11 is 1.62. The van der Waals surface area contributed by atoms with Gasteiger partial charge in [0.05, 0.1) is 12.1 Å². The summed E-state index contributed by atoms with van der Waals surface area (Å²) in [6.07, 6.45) is 1.54. The highest BCUT2D eigenvalue weighted by Crippen LogP contribution is 2.32. The van der Waals surface area contributed by atoms with Crippen LogP contribution < -0.4 is 4.90 Å². The van der Waals surface area contributed by atoms with Gasteiger partial charge in [0.1, 0.15) is 11.5 Å². The number of fused-ring (bicyclic) bond motifs is 1. The van der Waals surface area contributed by atoms with Crippen molar-refractivity contribution in [3.8, 4) is 11.5 Å². The van der Waals surface area contributed by atoms with Crippen LogP contribution in [0.15, 0.2) is 53.9 Å². The molecule has 7 heteroatoms. The molecular formula is C23H22N2O4S. The summed E-state index contributed by atoms with van der Waals surface area (Å²) in [5.74, 6) is -0.750. The maximum atomic E-state index is 13.0. The molecule has 0 aliphatic carbocycles. The zero-order valence-corrected chi connectivity index (χ0v) is 17.4. The van der Waals surface area contributed by atoms with Gasteiger partial charge in [0.25, 0.3) is 11.8 Å². The average Bonchev–Trinajstić information content (AvgIpc) is 3.25. The predicted octanol–water partition coefficient (Wildman–Crippen LogP) is 4.02. The fourth-order valence-corrected chi connectivity index (χ4v) is 4.47. The average molecular weight is 423 g/mol. The molecule has 154 valence electrons. The van der Waals surface area contributed by atoms with E-state index in [9.17, 15) is 19.8 Å². The molecule has 6 nitrogen and oxygen atoms in total. The number of rotatable bonds is 4. The minimum absolute atomic E-state index is 0.0640. The highest BCUT2D eigenvalue weighted by Gasteiger charge is 2.26. The van der Waals surface area contributed by atoms with Gasteiger partial charge in [-0.15, -0.1) is 11.3 Å². The van der Waals surface area contributed by atoms with Gasteiger partial charge < -0.3 is 20.0 Å². The lowest BCUT2D eigenvalue weighted by Gasteiger charge is -2.30. The molecule has 1 aliphatic heterocycles. The van der Waals surface area contributed by atoms with Crippen molar-refractivity contribution in [1.29, 1.82) is 0 Å². The van der Waals surface area contributed by atoms with Crippen LogP contribution in [0, 0.1) is 0 Å². The third-order valence-electron chi connectivity index (χ3n) is 5.22. The second-order valence-electron chi connectivity index (χ2n) is 7.35. The van der Waals surface area contributed by atoms with E-state index in [-0.39, 0.29) is 28.9 Å². The van der Waals surface area contributed by atoms with E-state index in [4.69, 9.17) is 0 Å². The Morgan fingerprint density at radius 2 is 1.97 bits per heavy atom. The number of nitrogens with zero attached hydrogens (tertiary/aromatic N) is 2. The molecule has 0 spiro atoms. The molecule has 1 aromatic heterocycles. The highest BCUT2D eigenvalue weighted by molar-refractivity contribution is 7.09. The van der Waals surface area contributed by atoms with Gasteiger partial charge in [0.2, 0.25) is 0 Å². The van der Waals surface area contributed by atoms with Crippen LogP contribution in [0.1, 0.15) is 37.6 Å². The monoisotopic (exact) mass is 422 g/mol. The molecule has 0 radical (unpaired) electrons. The van der Waals surface area contributed by atoms with Crippen molar-refractivity contribution in [3.63, 3.8) is 0 Å². The largest absolute Gasteiger partial charge is 0.508 e. The van der Waals surface area contributed by atoms with Crippen LogP contribution in [0.5, 0.6) is 11.5 Å². The lowest BCUT2D eigenvalue weighted by Crippen LogP contribution is -2.35. The zero-order valence-electron chi connectivity index (χ0n) is 16.5. The molecule has 2 amide bonds. The van der Waals surface area contributed by atoms with Gasteiger partial charge in [0, 0.05) is 35.8 Å². The summed E-state index contributed by atoms with van der Waals surface area (Å²) in [6.45, 7) is 1.08. The third kappa shape index (κ3) is 3.89. The van der Waals surface area contributed by atoms with Crippen molar-refractivity contribution < 1.29 is 19.8 Å². The first kappa shape index (κ1) is 20.0. The molecule has 2 N–H and O–H groups in total. The number of phenolic OH excluding ortho intramolecular Hbond substituents is 2. The van der Waals surface area contributed by atoms with E-state index in [2.05, 4.69) is 0 Å². The van der Waals surface area contributed by atoms with E-state index in [0.717, 1.165) is 35.0 Å². The number of aromatic hydroxyl groups is 2. The summed E-state index contributed by atoms with van der Waals surface area (Å²) in [6, 6.07) is 13.3. The van der Waals surface area contributed by atoms with Crippen LogP contribution in [0.3, 0.4) is 0 Å². The maximum absolute atomic E-state index is 13.0. The summed E-state index contributed by atoms with van der Waals surface area (Å²) in [5.41, 5.74) is 2.41. The normalized spacial score (nSPS) is 13.0. The molecule has 30 heavy (non-hydrogen) atoms. The minimum atomic E-state index is -0.331. The quantitative estimate of drug-likeness (QED) is 0.665.